The highest BCUT2D eigenvalue weighted by molar-refractivity contribution is 5.98. The molecule has 3 heterocycles. The van der Waals surface area contributed by atoms with Gasteiger partial charge < -0.3 is 29.7 Å². The van der Waals surface area contributed by atoms with Gasteiger partial charge in [0.2, 0.25) is 17.7 Å². The Kier molecular flexibility index (Phi) is 11.1. The molecule has 3 saturated heterocycles. The molecule has 1 spiro atoms. The van der Waals surface area contributed by atoms with Crippen molar-refractivity contribution in [3.05, 3.63) is 25.3 Å². The predicted molar refractivity (Wildman–Crippen MR) is 145 cm³/mol. The Morgan fingerprint density at radius 1 is 1.28 bits per heavy atom. The average molecular weight is 548 g/mol. The number of aliphatic hydroxyl groups excluding tert-OH is 1. The van der Waals surface area contributed by atoms with E-state index in [0.29, 0.717) is 45.2 Å². The second kappa shape index (κ2) is 14.1. The first-order valence-electron chi connectivity index (χ1n) is 14.3. The molecule has 0 radical (unpaired) electrons. The number of ether oxygens (including phenoxy) is 2. The minimum absolute atomic E-state index is 0.125. The van der Waals surface area contributed by atoms with Crippen molar-refractivity contribution < 1.29 is 33.8 Å². The van der Waals surface area contributed by atoms with Crippen LogP contribution in [0.5, 0.6) is 0 Å². The number of hydrogen-bond acceptors (Lipinski definition) is 7. The van der Waals surface area contributed by atoms with Gasteiger partial charge in [-0.3, -0.25) is 19.2 Å². The summed E-state index contributed by atoms with van der Waals surface area (Å²) < 4.78 is 12.1. The van der Waals surface area contributed by atoms with E-state index in [1.807, 2.05) is 0 Å². The number of fused-ring (bicyclic) bond motifs is 1. The first kappa shape index (κ1) is 30.8. The molecule has 3 rings (SSSR count). The standard InChI is InChI=1S/C29H45N3O7/c1-5-8-10-16-31(15-7-3)27(36)25-29-14-13-21(39-29)23(24(29)26(35)32(25)17-11-18-33)28(37)38-20(4)19-30-22(34)12-9-6-2/h6-7,20-21,23-25,33H,2-3,5,8-19H2,1,4H3,(H,30,34)/t20-,21+,23-,24-,25+,29-/m1/s1. The first-order chi connectivity index (χ1) is 18.7. The number of unbranched alkanes of at least 4 members (excludes halogenated alkanes) is 2. The summed E-state index contributed by atoms with van der Waals surface area (Å²) in [5.74, 6) is -2.86. The van der Waals surface area contributed by atoms with Gasteiger partial charge in [-0.25, -0.2) is 0 Å². The van der Waals surface area contributed by atoms with E-state index in [-0.39, 0.29) is 37.4 Å². The maximum absolute atomic E-state index is 14.0. The quantitative estimate of drug-likeness (QED) is 0.162. The Morgan fingerprint density at radius 2 is 2.05 bits per heavy atom. The highest BCUT2D eigenvalue weighted by atomic mass is 16.6. The summed E-state index contributed by atoms with van der Waals surface area (Å²) in [6.45, 7) is 12.3. The average Bonchev–Trinajstić information content (AvgIpc) is 3.56. The zero-order chi connectivity index (χ0) is 28.6. The number of aliphatic hydroxyl groups is 1. The Bertz CT molecular complexity index is 925. The zero-order valence-corrected chi connectivity index (χ0v) is 23.4. The number of hydrogen-bond donors (Lipinski definition) is 2. The Balaban J connectivity index is 1.80. The SMILES string of the molecule is C=CCCC(=O)NC[C@@H](C)OC(=O)[C@@H]1[C@@H]2CC[C@]3(O2)[C@H](C(=O)N(CC=C)CCCCC)N(CCCO)C(=O)[C@@H]13. The smallest absolute Gasteiger partial charge is 0.312 e. The fourth-order valence-corrected chi connectivity index (χ4v) is 6.25. The monoisotopic (exact) mass is 547 g/mol. The third-order valence-corrected chi connectivity index (χ3v) is 8.04. The normalized spacial score (nSPS) is 27.7. The summed E-state index contributed by atoms with van der Waals surface area (Å²) >= 11 is 0. The highest BCUT2D eigenvalue weighted by Gasteiger charge is 2.75. The molecule has 3 amide bonds. The third kappa shape index (κ3) is 6.54. The Labute approximate surface area is 231 Å². The molecule has 0 aromatic carbocycles. The van der Waals surface area contributed by atoms with Crippen LogP contribution in [-0.4, -0.2) is 95.2 Å². The molecule has 10 nitrogen and oxygen atoms in total. The van der Waals surface area contributed by atoms with Crippen molar-refractivity contribution in [2.75, 3.05) is 32.8 Å². The van der Waals surface area contributed by atoms with E-state index in [4.69, 9.17) is 9.47 Å². The third-order valence-electron chi connectivity index (χ3n) is 8.04. The summed E-state index contributed by atoms with van der Waals surface area (Å²) in [6.07, 6.45) is 7.29. The second-order valence-electron chi connectivity index (χ2n) is 10.8. The Morgan fingerprint density at radius 3 is 2.72 bits per heavy atom. The zero-order valence-electron chi connectivity index (χ0n) is 23.4. The van der Waals surface area contributed by atoms with Gasteiger partial charge >= 0.3 is 5.97 Å². The number of amides is 3. The predicted octanol–water partition coefficient (Wildman–Crippen LogP) is 1.96. The molecule has 0 aromatic rings. The van der Waals surface area contributed by atoms with Crippen molar-refractivity contribution in [1.29, 1.82) is 0 Å². The summed E-state index contributed by atoms with van der Waals surface area (Å²) in [6, 6.07) is -0.868. The van der Waals surface area contributed by atoms with Gasteiger partial charge in [0.05, 0.1) is 24.5 Å². The van der Waals surface area contributed by atoms with Crippen molar-refractivity contribution in [3.63, 3.8) is 0 Å². The van der Waals surface area contributed by atoms with Crippen molar-refractivity contribution in [1.82, 2.24) is 15.1 Å². The van der Waals surface area contributed by atoms with E-state index >= 15 is 0 Å². The minimum Gasteiger partial charge on any atom is -0.460 e. The van der Waals surface area contributed by atoms with Gasteiger partial charge in [0.25, 0.3) is 0 Å². The molecule has 3 aliphatic heterocycles. The van der Waals surface area contributed by atoms with Crippen LogP contribution in [0.3, 0.4) is 0 Å². The van der Waals surface area contributed by atoms with Gasteiger partial charge in [0.15, 0.2) is 0 Å². The molecule has 2 N–H and O–H groups in total. The van der Waals surface area contributed by atoms with E-state index in [1.165, 1.54) is 4.90 Å². The van der Waals surface area contributed by atoms with Crippen LogP contribution in [0.1, 0.15) is 65.2 Å². The lowest BCUT2D eigenvalue weighted by Crippen LogP contribution is -2.56. The summed E-state index contributed by atoms with van der Waals surface area (Å²) in [5, 5.41) is 12.2. The number of allylic oxidation sites excluding steroid dienone is 1. The largest absolute Gasteiger partial charge is 0.460 e. The lowest BCUT2D eigenvalue weighted by atomic mass is 9.70. The Hall–Kier alpha value is -2.72. The lowest BCUT2D eigenvalue weighted by molar-refractivity contribution is -0.159. The summed E-state index contributed by atoms with van der Waals surface area (Å²) in [4.78, 5) is 56.5. The van der Waals surface area contributed by atoms with E-state index in [9.17, 15) is 24.3 Å². The molecule has 3 aliphatic rings. The molecule has 3 fully saturated rings. The molecule has 0 saturated carbocycles. The number of nitrogens with zero attached hydrogens (tertiary/aromatic N) is 2. The maximum Gasteiger partial charge on any atom is 0.312 e. The molecule has 10 heteroatoms. The van der Waals surface area contributed by atoms with Crippen LogP contribution in [0, 0.1) is 11.8 Å². The van der Waals surface area contributed by atoms with Gasteiger partial charge in [-0.1, -0.05) is 31.9 Å². The van der Waals surface area contributed by atoms with E-state index in [1.54, 1.807) is 24.0 Å². The number of esters is 1. The van der Waals surface area contributed by atoms with E-state index in [0.717, 1.165) is 19.3 Å². The number of nitrogens with one attached hydrogen (secondary N) is 1. The van der Waals surface area contributed by atoms with Crippen molar-refractivity contribution in [3.8, 4) is 0 Å². The fraction of sp³-hybridized carbons (Fsp3) is 0.724. The molecular formula is C29H45N3O7. The molecule has 0 aliphatic carbocycles. The highest BCUT2D eigenvalue weighted by Crippen LogP contribution is 2.58. The van der Waals surface area contributed by atoms with Gasteiger partial charge in [-0.2, -0.15) is 0 Å². The van der Waals surface area contributed by atoms with Crippen LogP contribution >= 0.6 is 0 Å². The molecule has 39 heavy (non-hydrogen) atoms. The first-order valence-corrected chi connectivity index (χ1v) is 14.3. The van der Waals surface area contributed by atoms with Crippen LogP contribution < -0.4 is 5.32 Å². The van der Waals surface area contributed by atoms with Crippen LogP contribution in [0.25, 0.3) is 0 Å². The molecule has 2 bridgehead atoms. The van der Waals surface area contributed by atoms with Crippen LogP contribution in [0.2, 0.25) is 0 Å². The van der Waals surface area contributed by atoms with E-state index < -0.39 is 41.7 Å². The van der Waals surface area contributed by atoms with Gasteiger partial charge in [0, 0.05) is 32.7 Å². The van der Waals surface area contributed by atoms with Crippen LogP contribution in [0.15, 0.2) is 25.3 Å². The van der Waals surface area contributed by atoms with Crippen LogP contribution in [-0.2, 0) is 28.7 Å². The van der Waals surface area contributed by atoms with Crippen LogP contribution in [0.4, 0.5) is 0 Å². The van der Waals surface area contributed by atoms with Crippen molar-refractivity contribution >= 4 is 23.7 Å². The number of rotatable bonds is 17. The second-order valence-corrected chi connectivity index (χ2v) is 10.8. The summed E-state index contributed by atoms with van der Waals surface area (Å²) in [7, 11) is 0. The molecule has 0 aromatic heterocycles. The van der Waals surface area contributed by atoms with Gasteiger partial charge in [-0.15, -0.1) is 13.2 Å². The van der Waals surface area contributed by atoms with E-state index in [2.05, 4.69) is 25.4 Å². The number of carbonyl (C=O) groups excluding carboxylic acids is 4. The maximum atomic E-state index is 14.0. The molecule has 6 atom stereocenters. The topological polar surface area (TPSA) is 125 Å². The van der Waals surface area contributed by atoms with Crippen molar-refractivity contribution in [2.24, 2.45) is 11.8 Å². The minimum atomic E-state index is -1.11. The summed E-state index contributed by atoms with van der Waals surface area (Å²) in [5.41, 5.74) is -1.11. The van der Waals surface area contributed by atoms with Crippen molar-refractivity contribution in [2.45, 2.75) is 89.1 Å². The van der Waals surface area contributed by atoms with Gasteiger partial charge in [0.1, 0.15) is 17.7 Å². The fourth-order valence-electron chi connectivity index (χ4n) is 6.25. The number of likely N-dealkylation sites (tertiary alicyclic amines) is 1. The van der Waals surface area contributed by atoms with Gasteiger partial charge in [-0.05, 0) is 39.0 Å². The molecule has 218 valence electrons. The molecular weight excluding hydrogens is 502 g/mol. The number of carbonyl (C=O) groups is 4. The molecule has 0 unspecified atom stereocenters. The lowest BCUT2D eigenvalue weighted by Gasteiger charge is -2.36.